The number of benzene rings is 1. The van der Waals surface area contributed by atoms with Crippen LogP contribution in [0.3, 0.4) is 0 Å². The van der Waals surface area contributed by atoms with Crippen molar-refractivity contribution in [2.75, 3.05) is 19.1 Å². The van der Waals surface area contributed by atoms with Crippen LogP contribution in [0.1, 0.15) is 24.8 Å². The minimum atomic E-state index is -0.766. The van der Waals surface area contributed by atoms with Crippen LogP contribution in [0.2, 0.25) is 0 Å². The highest BCUT2D eigenvalue weighted by Crippen LogP contribution is 2.50. The van der Waals surface area contributed by atoms with E-state index in [1.165, 1.54) is 26.0 Å². The Bertz CT molecular complexity index is 674. The van der Waals surface area contributed by atoms with Crippen LogP contribution < -0.4 is 4.90 Å². The van der Waals surface area contributed by atoms with Crippen molar-refractivity contribution >= 4 is 23.7 Å². The zero-order valence-corrected chi connectivity index (χ0v) is 13.2. The predicted octanol–water partition coefficient (Wildman–Crippen LogP) is 1.48. The molecule has 1 aromatic rings. The molecule has 0 aliphatic carbocycles. The number of hydrogen-bond acceptors (Lipinski definition) is 5. The number of carbonyl (C=O) groups is 3. The molecule has 2 aliphatic heterocycles. The summed E-state index contributed by atoms with van der Waals surface area (Å²) >= 11 is 0. The second-order valence-corrected chi connectivity index (χ2v) is 5.62. The number of para-hydroxylation sites is 1. The van der Waals surface area contributed by atoms with Crippen molar-refractivity contribution in [3.63, 3.8) is 0 Å². The molecule has 3 rings (SSSR count). The Morgan fingerprint density at radius 2 is 1.83 bits per heavy atom. The lowest BCUT2D eigenvalue weighted by atomic mass is 9.96. The highest BCUT2D eigenvalue weighted by Gasteiger charge is 2.56. The topological polar surface area (TPSA) is 76.2 Å². The number of methoxy groups -OCH3 is 2. The standard InChI is InChI=1S/C16H18N2O5/c1-9(19)17-12-7-5-4-6-10(12)11-8-13(15(20)22-2)18(14(11)17)16(21)23-3/h4-7,11,13-14H,8H2,1-3H3/t11-,13+,14-/m1/s1. The van der Waals surface area contributed by atoms with Crippen molar-refractivity contribution < 1.29 is 23.9 Å². The number of nitrogens with zero attached hydrogens (tertiary/aromatic N) is 2. The molecule has 0 N–H and O–H groups in total. The number of rotatable bonds is 1. The smallest absolute Gasteiger partial charge is 0.411 e. The van der Waals surface area contributed by atoms with Gasteiger partial charge in [-0.05, 0) is 18.1 Å². The summed E-state index contributed by atoms with van der Waals surface area (Å²) in [4.78, 5) is 39.4. The van der Waals surface area contributed by atoms with Crippen LogP contribution in [0.5, 0.6) is 0 Å². The summed E-state index contributed by atoms with van der Waals surface area (Å²) in [6, 6.07) is 6.73. The van der Waals surface area contributed by atoms with Gasteiger partial charge in [-0.1, -0.05) is 18.2 Å². The van der Waals surface area contributed by atoms with Crippen LogP contribution in [0, 0.1) is 0 Å². The maximum Gasteiger partial charge on any atom is 0.411 e. The number of carbonyl (C=O) groups excluding carboxylic acids is 3. The average Bonchev–Trinajstić information content (AvgIpc) is 3.07. The van der Waals surface area contributed by atoms with Crippen molar-refractivity contribution in [1.29, 1.82) is 0 Å². The summed E-state index contributed by atoms with van der Waals surface area (Å²) in [5, 5.41) is 0. The first-order valence-electron chi connectivity index (χ1n) is 7.34. The average molecular weight is 318 g/mol. The maximum atomic E-state index is 12.3. The summed E-state index contributed by atoms with van der Waals surface area (Å²) in [5.41, 5.74) is 1.72. The molecular weight excluding hydrogens is 300 g/mol. The minimum Gasteiger partial charge on any atom is -0.467 e. The predicted molar refractivity (Wildman–Crippen MR) is 80.8 cm³/mol. The fourth-order valence-corrected chi connectivity index (χ4v) is 3.65. The molecule has 23 heavy (non-hydrogen) atoms. The molecule has 1 fully saturated rings. The van der Waals surface area contributed by atoms with Gasteiger partial charge in [-0.3, -0.25) is 14.6 Å². The monoisotopic (exact) mass is 318 g/mol. The van der Waals surface area contributed by atoms with Gasteiger partial charge >= 0.3 is 12.1 Å². The fraction of sp³-hybridized carbons (Fsp3) is 0.438. The van der Waals surface area contributed by atoms with Gasteiger partial charge in [-0.25, -0.2) is 9.59 Å². The quantitative estimate of drug-likeness (QED) is 0.733. The lowest BCUT2D eigenvalue weighted by molar-refractivity contribution is -0.146. The van der Waals surface area contributed by atoms with Gasteiger partial charge in [0.1, 0.15) is 12.2 Å². The van der Waals surface area contributed by atoms with Crippen LogP contribution in [0.25, 0.3) is 0 Å². The Kier molecular flexibility index (Phi) is 3.71. The van der Waals surface area contributed by atoms with Crippen molar-refractivity contribution in [2.24, 2.45) is 0 Å². The molecule has 2 aliphatic rings. The molecule has 0 unspecified atom stereocenters. The zero-order valence-electron chi connectivity index (χ0n) is 13.2. The first-order chi connectivity index (χ1) is 11.0. The fourth-order valence-electron chi connectivity index (χ4n) is 3.65. The van der Waals surface area contributed by atoms with E-state index in [4.69, 9.17) is 9.47 Å². The van der Waals surface area contributed by atoms with Crippen molar-refractivity contribution in [3.05, 3.63) is 29.8 Å². The molecular formula is C16H18N2O5. The van der Waals surface area contributed by atoms with E-state index in [-0.39, 0.29) is 11.8 Å². The Morgan fingerprint density at radius 1 is 1.13 bits per heavy atom. The third-order valence-electron chi connectivity index (χ3n) is 4.52. The van der Waals surface area contributed by atoms with Gasteiger partial charge < -0.3 is 9.47 Å². The van der Waals surface area contributed by atoms with E-state index in [1.807, 2.05) is 24.3 Å². The number of ether oxygens (including phenoxy) is 2. The van der Waals surface area contributed by atoms with Gasteiger partial charge in [-0.2, -0.15) is 0 Å². The molecule has 1 saturated heterocycles. The third-order valence-corrected chi connectivity index (χ3v) is 4.52. The molecule has 2 amide bonds. The number of likely N-dealkylation sites (tertiary alicyclic amines) is 1. The largest absolute Gasteiger partial charge is 0.467 e. The minimum absolute atomic E-state index is 0.140. The molecule has 0 radical (unpaired) electrons. The van der Waals surface area contributed by atoms with Gasteiger partial charge in [0, 0.05) is 18.5 Å². The number of amides is 2. The van der Waals surface area contributed by atoms with E-state index >= 15 is 0 Å². The third kappa shape index (κ3) is 2.15. The molecule has 0 saturated carbocycles. The number of fused-ring (bicyclic) bond motifs is 3. The molecule has 7 nitrogen and oxygen atoms in total. The Hall–Kier alpha value is -2.57. The van der Waals surface area contributed by atoms with E-state index in [0.29, 0.717) is 6.42 Å². The molecule has 0 spiro atoms. The Morgan fingerprint density at radius 3 is 2.43 bits per heavy atom. The normalized spacial score (nSPS) is 24.9. The molecule has 122 valence electrons. The molecule has 3 atom stereocenters. The van der Waals surface area contributed by atoms with E-state index < -0.39 is 24.3 Å². The lowest BCUT2D eigenvalue weighted by Crippen LogP contribution is -2.53. The molecule has 2 heterocycles. The molecule has 7 heteroatoms. The first-order valence-corrected chi connectivity index (χ1v) is 7.34. The van der Waals surface area contributed by atoms with E-state index in [9.17, 15) is 14.4 Å². The van der Waals surface area contributed by atoms with Crippen molar-refractivity contribution in [3.8, 4) is 0 Å². The number of hydrogen-bond donors (Lipinski definition) is 0. The van der Waals surface area contributed by atoms with Crippen molar-refractivity contribution in [1.82, 2.24) is 4.90 Å². The Balaban J connectivity index is 2.10. The molecule has 0 bridgehead atoms. The van der Waals surface area contributed by atoms with Gasteiger partial charge in [0.2, 0.25) is 5.91 Å². The number of anilines is 1. The van der Waals surface area contributed by atoms with Crippen LogP contribution >= 0.6 is 0 Å². The van der Waals surface area contributed by atoms with Gasteiger partial charge in [0.15, 0.2) is 0 Å². The first kappa shape index (κ1) is 15.3. The second-order valence-electron chi connectivity index (χ2n) is 5.62. The summed E-state index contributed by atoms with van der Waals surface area (Å²) < 4.78 is 9.65. The summed E-state index contributed by atoms with van der Waals surface area (Å²) in [7, 11) is 2.53. The summed E-state index contributed by atoms with van der Waals surface area (Å²) in [6.45, 7) is 1.44. The van der Waals surface area contributed by atoms with Crippen molar-refractivity contribution in [2.45, 2.75) is 31.5 Å². The molecule has 1 aromatic carbocycles. The maximum absolute atomic E-state index is 12.3. The van der Waals surface area contributed by atoms with Gasteiger partial charge in [0.05, 0.1) is 14.2 Å². The summed E-state index contributed by atoms with van der Waals surface area (Å²) in [5.74, 6) is -0.839. The highest BCUT2D eigenvalue weighted by atomic mass is 16.5. The number of esters is 1. The second kappa shape index (κ2) is 5.57. The molecule has 0 aromatic heterocycles. The SMILES string of the molecule is COC(=O)[C@@H]1C[C@@H]2c3ccccc3N(C(C)=O)[C@@H]2N1C(=O)OC. The van der Waals surface area contributed by atoms with Crippen LogP contribution in [0.15, 0.2) is 24.3 Å². The highest BCUT2D eigenvalue weighted by molar-refractivity contribution is 5.97. The van der Waals surface area contributed by atoms with Gasteiger partial charge in [-0.15, -0.1) is 0 Å². The van der Waals surface area contributed by atoms with E-state index in [0.717, 1.165) is 11.3 Å². The van der Waals surface area contributed by atoms with Gasteiger partial charge in [0.25, 0.3) is 0 Å². The van der Waals surface area contributed by atoms with Crippen LogP contribution in [-0.4, -0.2) is 49.3 Å². The van der Waals surface area contributed by atoms with E-state index in [2.05, 4.69) is 0 Å². The zero-order chi connectivity index (χ0) is 16.7. The van der Waals surface area contributed by atoms with E-state index in [1.54, 1.807) is 4.90 Å². The van der Waals surface area contributed by atoms with Crippen LogP contribution in [-0.2, 0) is 19.1 Å². The van der Waals surface area contributed by atoms with Crippen LogP contribution in [0.4, 0.5) is 10.5 Å². The Labute approximate surface area is 133 Å². The lowest BCUT2D eigenvalue weighted by Gasteiger charge is -2.33. The summed E-state index contributed by atoms with van der Waals surface area (Å²) in [6.07, 6.45) is -0.818.